The molecule has 0 saturated carbocycles. The Bertz CT molecular complexity index is 568. The molecule has 0 saturated heterocycles. The molecule has 1 unspecified atom stereocenters. The number of hydrogen-bond acceptors (Lipinski definition) is 3. The van der Waals surface area contributed by atoms with Crippen molar-refractivity contribution < 1.29 is 0 Å². The monoisotopic (exact) mass is 312 g/mol. The Labute approximate surface area is 129 Å². The number of aryl methyl sites for hydroxylation is 2. The smallest absolute Gasteiger partial charge is 0.0760 e. The summed E-state index contributed by atoms with van der Waals surface area (Å²) < 4.78 is 1.89. The van der Waals surface area contributed by atoms with Crippen LogP contribution in [0.2, 0.25) is 10.0 Å². The second-order valence-corrected chi connectivity index (χ2v) is 5.46. The minimum Gasteiger partial charge on any atom is -0.309 e. The average molecular weight is 313 g/mol. The number of nitrogens with zero attached hydrogens (tertiary/aromatic N) is 3. The Morgan fingerprint density at radius 1 is 1.40 bits per heavy atom. The average Bonchev–Trinajstić information content (AvgIpc) is 2.81. The lowest BCUT2D eigenvalue weighted by atomic mass is 10.1. The van der Waals surface area contributed by atoms with E-state index >= 15 is 0 Å². The number of rotatable bonds is 6. The van der Waals surface area contributed by atoms with Crippen molar-refractivity contribution in [2.24, 2.45) is 7.05 Å². The Morgan fingerprint density at radius 2 is 2.20 bits per heavy atom. The molecule has 108 valence electrons. The molecule has 0 aromatic carbocycles. The Morgan fingerprint density at radius 3 is 2.80 bits per heavy atom. The van der Waals surface area contributed by atoms with Crippen LogP contribution >= 0.6 is 23.2 Å². The van der Waals surface area contributed by atoms with Gasteiger partial charge in [0.25, 0.3) is 0 Å². The van der Waals surface area contributed by atoms with E-state index in [4.69, 9.17) is 23.2 Å². The summed E-state index contributed by atoms with van der Waals surface area (Å²) in [7, 11) is 1.95. The summed E-state index contributed by atoms with van der Waals surface area (Å²) >= 11 is 12.1. The second kappa shape index (κ2) is 7.07. The van der Waals surface area contributed by atoms with Gasteiger partial charge in [0.15, 0.2) is 0 Å². The summed E-state index contributed by atoms with van der Waals surface area (Å²) in [6.45, 7) is 2.93. The van der Waals surface area contributed by atoms with Crippen molar-refractivity contribution in [1.82, 2.24) is 20.1 Å². The Kier molecular flexibility index (Phi) is 5.40. The molecule has 0 spiro atoms. The molecule has 2 aromatic rings. The molecule has 2 heterocycles. The molecule has 0 bridgehead atoms. The number of halogens is 2. The third-order valence-corrected chi connectivity index (χ3v) is 3.74. The maximum absolute atomic E-state index is 6.25. The Balaban J connectivity index is 2.12. The van der Waals surface area contributed by atoms with E-state index in [1.165, 1.54) is 5.69 Å². The largest absolute Gasteiger partial charge is 0.309 e. The summed E-state index contributed by atoms with van der Waals surface area (Å²) in [5, 5.41) is 8.76. The molecule has 0 radical (unpaired) electrons. The fourth-order valence-corrected chi connectivity index (χ4v) is 2.71. The van der Waals surface area contributed by atoms with Crippen LogP contribution in [-0.2, 0) is 13.5 Å². The minimum absolute atomic E-state index is 0.111. The lowest BCUT2D eigenvalue weighted by molar-refractivity contribution is 0.495. The van der Waals surface area contributed by atoms with Crippen LogP contribution in [0.1, 0.15) is 30.8 Å². The highest BCUT2D eigenvalue weighted by molar-refractivity contribution is 6.34. The molecule has 20 heavy (non-hydrogen) atoms. The molecule has 0 aliphatic heterocycles. The van der Waals surface area contributed by atoms with E-state index in [0.717, 1.165) is 25.1 Å². The van der Waals surface area contributed by atoms with Crippen molar-refractivity contribution in [1.29, 1.82) is 0 Å². The highest BCUT2D eigenvalue weighted by Gasteiger charge is 2.16. The van der Waals surface area contributed by atoms with Crippen LogP contribution < -0.4 is 5.32 Å². The predicted octanol–water partition coefficient (Wildman–Crippen LogP) is 3.41. The van der Waals surface area contributed by atoms with E-state index in [2.05, 4.69) is 22.3 Å². The summed E-state index contributed by atoms with van der Waals surface area (Å²) in [4.78, 5) is 4.37. The third-order valence-electron chi connectivity index (χ3n) is 3.23. The summed E-state index contributed by atoms with van der Waals surface area (Å²) in [6, 6.07) is 3.87. The summed E-state index contributed by atoms with van der Waals surface area (Å²) in [6.07, 6.45) is 5.26. The fourth-order valence-electron chi connectivity index (χ4n) is 2.20. The topological polar surface area (TPSA) is 42.7 Å². The van der Waals surface area contributed by atoms with Gasteiger partial charge in [-0.1, -0.05) is 30.1 Å². The maximum Gasteiger partial charge on any atom is 0.0760 e. The van der Waals surface area contributed by atoms with Crippen LogP contribution in [-0.4, -0.2) is 21.3 Å². The molecule has 0 fully saturated rings. The molecule has 0 amide bonds. The van der Waals surface area contributed by atoms with Gasteiger partial charge in [0.2, 0.25) is 0 Å². The van der Waals surface area contributed by atoms with Crippen molar-refractivity contribution in [3.63, 3.8) is 0 Å². The van der Waals surface area contributed by atoms with Gasteiger partial charge in [-0.3, -0.25) is 9.67 Å². The van der Waals surface area contributed by atoms with Crippen LogP contribution in [0, 0.1) is 0 Å². The van der Waals surface area contributed by atoms with E-state index in [1.807, 2.05) is 24.0 Å². The molecule has 0 aliphatic rings. The zero-order chi connectivity index (χ0) is 14.5. The van der Waals surface area contributed by atoms with E-state index in [9.17, 15) is 0 Å². The zero-order valence-electron chi connectivity index (χ0n) is 11.6. The maximum atomic E-state index is 6.25. The van der Waals surface area contributed by atoms with E-state index in [1.54, 1.807) is 12.3 Å². The molecule has 0 aliphatic carbocycles. The minimum atomic E-state index is 0.111. The molecule has 2 aromatic heterocycles. The van der Waals surface area contributed by atoms with Gasteiger partial charge in [-0.15, -0.1) is 0 Å². The van der Waals surface area contributed by atoms with Gasteiger partial charge in [-0.25, -0.2) is 0 Å². The highest BCUT2D eigenvalue weighted by Crippen LogP contribution is 2.26. The van der Waals surface area contributed by atoms with Gasteiger partial charge >= 0.3 is 0 Å². The van der Waals surface area contributed by atoms with Gasteiger partial charge in [0.1, 0.15) is 0 Å². The molecule has 4 nitrogen and oxygen atoms in total. The van der Waals surface area contributed by atoms with E-state index < -0.39 is 0 Å². The molecule has 1 atom stereocenters. The first-order valence-corrected chi connectivity index (χ1v) is 7.38. The lowest BCUT2D eigenvalue weighted by Gasteiger charge is -2.18. The van der Waals surface area contributed by atoms with Crippen molar-refractivity contribution in [2.45, 2.75) is 25.8 Å². The Hall–Kier alpha value is -1.10. The molecule has 6 heteroatoms. The van der Waals surface area contributed by atoms with Crippen LogP contribution in [0.5, 0.6) is 0 Å². The number of pyridine rings is 1. The summed E-state index contributed by atoms with van der Waals surface area (Å²) in [5.74, 6) is 0. The van der Waals surface area contributed by atoms with Crippen LogP contribution in [0.15, 0.2) is 24.5 Å². The number of aromatic nitrogens is 3. The van der Waals surface area contributed by atoms with Crippen molar-refractivity contribution in [2.75, 3.05) is 6.54 Å². The van der Waals surface area contributed by atoms with E-state index in [0.29, 0.717) is 10.0 Å². The van der Waals surface area contributed by atoms with Crippen molar-refractivity contribution >= 4 is 23.2 Å². The molecular weight excluding hydrogens is 295 g/mol. The van der Waals surface area contributed by atoms with Gasteiger partial charge in [0.05, 0.1) is 21.8 Å². The molecular formula is C14H18Cl2N4. The lowest BCUT2D eigenvalue weighted by Crippen LogP contribution is -2.23. The van der Waals surface area contributed by atoms with Gasteiger partial charge in [0, 0.05) is 25.1 Å². The highest BCUT2D eigenvalue weighted by atomic mass is 35.5. The van der Waals surface area contributed by atoms with Gasteiger partial charge in [-0.2, -0.15) is 5.10 Å². The first-order chi connectivity index (χ1) is 9.61. The van der Waals surface area contributed by atoms with E-state index in [-0.39, 0.29) is 6.04 Å². The quantitative estimate of drug-likeness (QED) is 0.889. The number of hydrogen-bond donors (Lipinski definition) is 1. The first-order valence-electron chi connectivity index (χ1n) is 6.63. The van der Waals surface area contributed by atoms with Gasteiger partial charge < -0.3 is 5.32 Å². The van der Waals surface area contributed by atoms with Crippen LogP contribution in [0.3, 0.4) is 0 Å². The third kappa shape index (κ3) is 3.72. The first kappa shape index (κ1) is 15.3. The number of nitrogens with one attached hydrogen (secondary N) is 1. The zero-order valence-corrected chi connectivity index (χ0v) is 13.1. The SMILES string of the molecule is CCNC(CCc1ccnn1C)c1ncc(Cl)cc1Cl. The molecule has 2 rings (SSSR count). The predicted molar refractivity (Wildman–Crippen MR) is 82.2 cm³/mol. The molecule has 1 N–H and O–H groups in total. The summed E-state index contributed by atoms with van der Waals surface area (Å²) in [5.41, 5.74) is 2.04. The second-order valence-electron chi connectivity index (χ2n) is 4.62. The van der Waals surface area contributed by atoms with Gasteiger partial charge in [-0.05, 0) is 31.5 Å². The standard InChI is InChI=1S/C14H18Cl2N4/c1-3-17-13(5-4-11-6-7-19-20(11)2)14-12(16)8-10(15)9-18-14/h6-9,13,17H,3-5H2,1-2H3. The van der Waals surface area contributed by atoms with Crippen LogP contribution in [0.4, 0.5) is 0 Å². The van der Waals surface area contributed by atoms with Crippen molar-refractivity contribution in [3.05, 3.63) is 46.0 Å². The normalized spacial score (nSPS) is 12.6. The van der Waals surface area contributed by atoms with Crippen molar-refractivity contribution in [3.8, 4) is 0 Å². The van der Waals surface area contributed by atoms with Crippen LogP contribution in [0.25, 0.3) is 0 Å². The fraction of sp³-hybridized carbons (Fsp3) is 0.429.